The number of amides is 1. The Labute approximate surface area is 144 Å². The van der Waals surface area contributed by atoms with Crippen LogP contribution >= 0.6 is 0 Å². The maximum absolute atomic E-state index is 12.4. The Balaban J connectivity index is 1.74. The van der Waals surface area contributed by atoms with E-state index in [4.69, 9.17) is 4.65 Å². The van der Waals surface area contributed by atoms with Crippen LogP contribution in [0.2, 0.25) is 0 Å². The van der Waals surface area contributed by atoms with E-state index >= 15 is 0 Å². The topological polar surface area (TPSA) is 116 Å². The molecule has 3 rings (SSSR count). The molecular weight excluding hydrogens is 325 g/mol. The van der Waals surface area contributed by atoms with E-state index in [9.17, 15) is 24.8 Å². The predicted molar refractivity (Wildman–Crippen MR) is 89.5 cm³/mol. The third-order valence-corrected chi connectivity index (χ3v) is 4.05. The number of carboxylic acids is 1. The van der Waals surface area contributed by atoms with Crippen LogP contribution in [0, 0.1) is 0 Å². The first-order valence-electron chi connectivity index (χ1n) is 7.68. The van der Waals surface area contributed by atoms with Gasteiger partial charge >= 0.3 is 13.1 Å². The molecule has 0 saturated heterocycles. The molecule has 25 heavy (non-hydrogen) atoms. The van der Waals surface area contributed by atoms with Crippen molar-refractivity contribution in [2.24, 2.45) is 0 Å². The van der Waals surface area contributed by atoms with E-state index in [0.29, 0.717) is 11.0 Å². The van der Waals surface area contributed by atoms with Crippen LogP contribution in [0.4, 0.5) is 0 Å². The van der Waals surface area contributed by atoms with Gasteiger partial charge in [0, 0.05) is 12.0 Å². The second-order valence-corrected chi connectivity index (χ2v) is 5.81. The van der Waals surface area contributed by atoms with Gasteiger partial charge in [0.15, 0.2) is 0 Å². The van der Waals surface area contributed by atoms with Crippen LogP contribution in [0.25, 0.3) is 0 Å². The number of hydrogen-bond acceptors (Lipinski definition) is 5. The van der Waals surface area contributed by atoms with Crippen molar-refractivity contribution in [3.05, 3.63) is 59.2 Å². The first-order chi connectivity index (χ1) is 11.9. The van der Waals surface area contributed by atoms with E-state index < -0.39 is 25.0 Å². The summed E-state index contributed by atoms with van der Waals surface area (Å²) in [6, 6.07) is 9.73. The lowest BCUT2D eigenvalue weighted by Crippen LogP contribution is -2.42. The normalized spacial score (nSPS) is 14.0. The fourth-order valence-electron chi connectivity index (χ4n) is 2.67. The molecule has 1 aliphatic heterocycles. The zero-order valence-electron chi connectivity index (χ0n) is 13.2. The van der Waals surface area contributed by atoms with Crippen molar-refractivity contribution in [3.8, 4) is 5.75 Å². The van der Waals surface area contributed by atoms with Gasteiger partial charge in [-0.3, -0.25) is 4.79 Å². The third kappa shape index (κ3) is 3.81. The Bertz CT molecular complexity index is 807. The average molecular weight is 341 g/mol. The van der Waals surface area contributed by atoms with Gasteiger partial charge in [-0.15, -0.1) is 0 Å². The minimum Gasteiger partial charge on any atom is -0.508 e. The van der Waals surface area contributed by atoms with Crippen molar-refractivity contribution in [3.63, 3.8) is 0 Å². The summed E-state index contributed by atoms with van der Waals surface area (Å²) in [6.45, 7) is 0.275. The van der Waals surface area contributed by atoms with Gasteiger partial charge in [-0.05, 0) is 40.9 Å². The van der Waals surface area contributed by atoms with Crippen molar-refractivity contribution in [2.45, 2.75) is 19.1 Å². The summed E-state index contributed by atoms with van der Waals surface area (Å²) in [5.41, 5.74) is 2.23. The lowest BCUT2D eigenvalue weighted by molar-refractivity contribution is -0.139. The van der Waals surface area contributed by atoms with Crippen molar-refractivity contribution in [1.29, 1.82) is 0 Å². The summed E-state index contributed by atoms with van der Waals surface area (Å²) in [6.07, 6.45) is 0.0814. The van der Waals surface area contributed by atoms with Gasteiger partial charge in [-0.1, -0.05) is 18.2 Å². The highest BCUT2D eigenvalue weighted by molar-refractivity contribution is 6.61. The van der Waals surface area contributed by atoms with E-state index in [2.05, 4.69) is 5.32 Å². The Morgan fingerprint density at radius 1 is 1.20 bits per heavy atom. The smallest absolute Gasteiger partial charge is 0.491 e. The zero-order valence-corrected chi connectivity index (χ0v) is 13.2. The number of phenolic OH excluding ortho intramolecular Hbond substituents is 1. The van der Waals surface area contributed by atoms with E-state index in [1.54, 1.807) is 24.3 Å². The van der Waals surface area contributed by atoms with Crippen molar-refractivity contribution in [1.82, 2.24) is 5.32 Å². The van der Waals surface area contributed by atoms with Crippen molar-refractivity contribution in [2.75, 3.05) is 0 Å². The van der Waals surface area contributed by atoms with Crippen LogP contribution in [0.1, 0.15) is 21.5 Å². The van der Waals surface area contributed by atoms with Gasteiger partial charge in [-0.2, -0.15) is 0 Å². The Morgan fingerprint density at radius 3 is 2.60 bits per heavy atom. The number of aromatic hydroxyl groups is 1. The first-order valence-corrected chi connectivity index (χ1v) is 7.68. The molecule has 1 atom stereocenters. The molecule has 4 N–H and O–H groups in total. The molecule has 0 radical (unpaired) electrons. The van der Waals surface area contributed by atoms with Crippen LogP contribution in [0.5, 0.6) is 5.75 Å². The number of fused-ring (bicyclic) bond motifs is 1. The highest BCUT2D eigenvalue weighted by Gasteiger charge is 2.29. The SMILES string of the molecule is O=C(N[C@@H](Cc1ccc(O)cc1)C(=O)O)c1ccc2c(c1)B(O)OC2. The fourth-order valence-corrected chi connectivity index (χ4v) is 2.67. The van der Waals surface area contributed by atoms with E-state index in [1.807, 2.05) is 0 Å². The highest BCUT2D eigenvalue weighted by Crippen LogP contribution is 2.13. The summed E-state index contributed by atoms with van der Waals surface area (Å²) in [5.74, 6) is -1.63. The number of carbonyl (C=O) groups excluding carboxylic acids is 1. The second-order valence-electron chi connectivity index (χ2n) is 5.81. The molecule has 8 heteroatoms. The number of aliphatic carboxylic acids is 1. The van der Waals surface area contributed by atoms with Crippen LogP contribution in [-0.2, 0) is 22.5 Å². The molecule has 1 heterocycles. The quantitative estimate of drug-likeness (QED) is 0.571. The highest BCUT2D eigenvalue weighted by atomic mass is 16.5. The molecule has 0 unspecified atom stereocenters. The zero-order chi connectivity index (χ0) is 18.0. The first kappa shape index (κ1) is 17.0. The van der Waals surface area contributed by atoms with E-state index in [1.165, 1.54) is 18.2 Å². The molecule has 7 nitrogen and oxygen atoms in total. The maximum Gasteiger partial charge on any atom is 0.491 e. The minimum absolute atomic E-state index is 0.0814. The molecule has 2 aromatic carbocycles. The van der Waals surface area contributed by atoms with Gasteiger partial charge in [0.1, 0.15) is 11.8 Å². The third-order valence-electron chi connectivity index (χ3n) is 4.05. The minimum atomic E-state index is -1.16. The Kier molecular flexibility index (Phi) is 4.73. The number of phenols is 1. The monoisotopic (exact) mass is 341 g/mol. The number of rotatable bonds is 5. The standard InChI is InChI=1S/C17H16BNO6/c20-13-5-1-10(2-6-13)7-15(17(22)23)19-16(21)11-3-4-12-9-25-18(24)14(12)8-11/h1-6,8,15,20,24H,7,9H2,(H,19,21)(H,22,23)/t15-/m0/s1. The van der Waals surface area contributed by atoms with Crippen LogP contribution in [0.3, 0.4) is 0 Å². The molecule has 128 valence electrons. The number of carboxylic acid groups (broad SMARTS) is 1. The van der Waals surface area contributed by atoms with Crippen molar-refractivity contribution >= 4 is 24.5 Å². The lowest BCUT2D eigenvalue weighted by atomic mass is 9.78. The molecule has 0 saturated carbocycles. The summed E-state index contributed by atoms with van der Waals surface area (Å²) >= 11 is 0. The van der Waals surface area contributed by atoms with Crippen LogP contribution in [0.15, 0.2) is 42.5 Å². The van der Waals surface area contributed by atoms with Gasteiger partial charge in [0.25, 0.3) is 5.91 Å². The Hall–Kier alpha value is -2.84. The molecule has 0 fully saturated rings. The molecule has 0 spiro atoms. The lowest BCUT2D eigenvalue weighted by Gasteiger charge is -2.15. The van der Waals surface area contributed by atoms with Crippen LogP contribution in [-0.4, -0.2) is 40.3 Å². The molecule has 0 bridgehead atoms. The summed E-state index contributed by atoms with van der Waals surface area (Å²) in [5, 5.41) is 30.8. The second kappa shape index (κ2) is 6.96. The van der Waals surface area contributed by atoms with Crippen LogP contribution < -0.4 is 10.8 Å². The molecule has 1 amide bonds. The molecule has 0 aliphatic carbocycles. The summed E-state index contributed by atoms with van der Waals surface area (Å²) < 4.78 is 5.08. The molecular formula is C17H16BNO6. The molecule has 0 aromatic heterocycles. The molecule has 1 aliphatic rings. The summed E-state index contributed by atoms with van der Waals surface area (Å²) in [4.78, 5) is 23.8. The summed E-state index contributed by atoms with van der Waals surface area (Å²) in [7, 11) is -1.07. The number of hydrogen-bond donors (Lipinski definition) is 4. The van der Waals surface area contributed by atoms with E-state index in [-0.39, 0.29) is 24.3 Å². The largest absolute Gasteiger partial charge is 0.508 e. The van der Waals surface area contributed by atoms with Gasteiger partial charge < -0.3 is 25.2 Å². The van der Waals surface area contributed by atoms with Crippen molar-refractivity contribution < 1.29 is 29.5 Å². The number of nitrogens with one attached hydrogen (secondary N) is 1. The van der Waals surface area contributed by atoms with Gasteiger partial charge in [0.05, 0.1) is 6.61 Å². The predicted octanol–water partition coefficient (Wildman–Crippen LogP) is 0.0356. The Morgan fingerprint density at radius 2 is 1.92 bits per heavy atom. The van der Waals surface area contributed by atoms with Gasteiger partial charge in [-0.25, -0.2) is 4.79 Å². The van der Waals surface area contributed by atoms with E-state index in [0.717, 1.165) is 5.56 Å². The number of benzene rings is 2. The fraction of sp³-hybridized carbons (Fsp3) is 0.176. The number of carbonyl (C=O) groups is 2. The van der Waals surface area contributed by atoms with Gasteiger partial charge in [0.2, 0.25) is 0 Å². The average Bonchev–Trinajstić information content (AvgIpc) is 2.96. The maximum atomic E-state index is 12.4. The molecule has 2 aromatic rings.